The fourth-order valence-corrected chi connectivity index (χ4v) is 2.55. The maximum Gasteiger partial charge on any atom is 0.221 e. The van der Waals surface area contributed by atoms with E-state index in [1.807, 2.05) is 6.92 Å². The lowest BCUT2D eigenvalue weighted by Crippen LogP contribution is -2.62. The van der Waals surface area contributed by atoms with Crippen molar-refractivity contribution in [1.29, 1.82) is 0 Å². The minimum atomic E-state index is 0.0939. The molecule has 0 spiro atoms. The summed E-state index contributed by atoms with van der Waals surface area (Å²) in [4.78, 5) is 11.1. The molecule has 1 aliphatic carbocycles. The average molecular weight is 242 g/mol. The Morgan fingerprint density at radius 2 is 2.18 bits per heavy atom. The molecule has 0 bridgehead atoms. The van der Waals surface area contributed by atoms with Gasteiger partial charge in [0.25, 0.3) is 0 Å². The van der Waals surface area contributed by atoms with Gasteiger partial charge in [-0.3, -0.25) is 4.79 Å². The van der Waals surface area contributed by atoms with Gasteiger partial charge in [-0.05, 0) is 19.8 Å². The van der Waals surface area contributed by atoms with Crippen LogP contribution in [0.15, 0.2) is 0 Å². The molecule has 4 nitrogen and oxygen atoms in total. The first-order valence-corrected chi connectivity index (χ1v) is 6.64. The van der Waals surface area contributed by atoms with E-state index in [1.165, 1.54) is 0 Å². The molecule has 1 rings (SSSR count). The Labute approximate surface area is 104 Å². The molecule has 4 heteroatoms. The Bertz CT molecular complexity index is 258. The second-order valence-electron chi connectivity index (χ2n) is 4.97. The number of hydrogen-bond acceptors (Lipinski definition) is 3. The zero-order valence-electron chi connectivity index (χ0n) is 11.5. The fraction of sp³-hybridized carbons (Fsp3) is 0.923. The van der Waals surface area contributed by atoms with Crippen molar-refractivity contribution >= 4 is 5.91 Å². The molecule has 0 aromatic carbocycles. The van der Waals surface area contributed by atoms with Gasteiger partial charge in [0.1, 0.15) is 0 Å². The molecule has 1 amide bonds. The Balaban J connectivity index is 2.33. The van der Waals surface area contributed by atoms with Crippen molar-refractivity contribution in [3.8, 4) is 0 Å². The van der Waals surface area contributed by atoms with Crippen LogP contribution in [-0.4, -0.2) is 38.3 Å². The second kappa shape index (κ2) is 6.36. The molecular weight excluding hydrogens is 216 g/mol. The molecule has 0 saturated heterocycles. The summed E-state index contributed by atoms with van der Waals surface area (Å²) in [6, 6.07) is 0.480. The van der Waals surface area contributed by atoms with Crippen LogP contribution in [0.4, 0.5) is 0 Å². The third-order valence-electron chi connectivity index (χ3n) is 4.13. The first-order valence-electron chi connectivity index (χ1n) is 6.64. The maximum absolute atomic E-state index is 11.1. The molecule has 2 N–H and O–H groups in total. The van der Waals surface area contributed by atoms with Gasteiger partial charge >= 0.3 is 0 Å². The number of ether oxygens (including phenoxy) is 1. The monoisotopic (exact) mass is 242 g/mol. The molecule has 0 aromatic heterocycles. The van der Waals surface area contributed by atoms with Crippen molar-refractivity contribution in [3.05, 3.63) is 0 Å². The van der Waals surface area contributed by atoms with Gasteiger partial charge in [0, 0.05) is 38.1 Å². The summed E-state index contributed by atoms with van der Waals surface area (Å²) in [7, 11) is 1.67. The molecule has 0 aromatic rings. The van der Waals surface area contributed by atoms with E-state index in [0.29, 0.717) is 18.6 Å². The first-order chi connectivity index (χ1) is 8.08. The highest BCUT2D eigenvalue weighted by Gasteiger charge is 2.50. The van der Waals surface area contributed by atoms with Gasteiger partial charge in [0.15, 0.2) is 0 Å². The van der Waals surface area contributed by atoms with E-state index in [-0.39, 0.29) is 11.3 Å². The molecule has 100 valence electrons. The van der Waals surface area contributed by atoms with Gasteiger partial charge in [-0.15, -0.1) is 0 Å². The number of carbonyl (C=O) groups is 1. The zero-order valence-corrected chi connectivity index (χ0v) is 11.5. The third-order valence-corrected chi connectivity index (χ3v) is 4.13. The summed E-state index contributed by atoms with van der Waals surface area (Å²) in [5.74, 6) is 0.0939. The molecule has 0 aliphatic heterocycles. The summed E-state index contributed by atoms with van der Waals surface area (Å²) in [6.45, 7) is 8.05. The predicted octanol–water partition coefficient (Wildman–Crippen LogP) is 1.31. The maximum atomic E-state index is 11.1. The van der Waals surface area contributed by atoms with Crippen LogP contribution in [0.5, 0.6) is 0 Å². The Morgan fingerprint density at radius 3 is 2.71 bits per heavy atom. The van der Waals surface area contributed by atoms with E-state index >= 15 is 0 Å². The Hall–Kier alpha value is -0.610. The molecule has 1 fully saturated rings. The van der Waals surface area contributed by atoms with E-state index in [1.54, 1.807) is 7.05 Å². The van der Waals surface area contributed by atoms with Crippen LogP contribution in [0.1, 0.15) is 40.0 Å². The lowest BCUT2D eigenvalue weighted by Gasteiger charge is -2.53. The van der Waals surface area contributed by atoms with E-state index in [2.05, 4.69) is 24.5 Å². The van der Waals surface area contributed by atoms with Crippen LogP contribution in [0.2, 0.25) is 0 Å². The first kappa shape index (κ1) is 14.5. The van der Waals surface area contributed by atoms with E-state index in [4.69, 9.17) is 4.74 Å². The van der Waals surface area contributed by atoms with E-state index in [0.717, 1.165) is 26.0 Å². The van der Waals surface area contributed by atoms with Crippen molar-refractivity contribution in [3.63, 3.8) is 0 Å². The van der Waals surface area contributed by atoms with Gasteiger partial charge in [0.2, 0.25) is 5.91 Å². The number of amides is 1. The summed E-state index contributed by atoms with van der Waals surface area (Å²) in [5, 5.41) is 6.11. The number of carbonyl (C=O) groups excluding carboxylic acids is 1. The second-order valence-corrected chi connectivity index (χ2v) is 4.97. The molecule has 0 heterocycles. The molecule has 3 unspecified atom stereocenters. The normalized spacial score (nSPS) is 32.0. The van der Waals surface area contributed by atoms with Gasteiger partial charge < -0.3 is 15.4 Å². The zero-order chi connectivity index (χ0) is 12.9. The predicted molar refractivity (Wildman–Crippen MR) is 68.9 cm³/mol. The van der Waals surface area contributed by atoms with E-state index < -0.39 is 0 Å². The van der Waals surface area contributed by atoms with Gasteiger partial charge in [-0.1, -0.05) is 13.8 Å². The number of hydrogen-bond donors (Lipinski definition) is 2. The fourth-order valence-electron chi connectivity index (χ4n) is 2.55. The minimum Gasteiger partial charge on any atom is -0.378 e. The standard InChI is InChI=1S/C13H26N2O2/c1-5-13(3)10(9-11(13)17-6-2)15-8-7-12(16)14-4/h10-11,15H,5-9H2,1-4H3,(H,14,16). The summed E-state index contributed by atoms with van der Waals surface area (Å²) >= 11 is 0. The van der Waals surface area contributed by atoms with Crippen LogP contribution in [-0.2, 0) is 9.53 Å². The van der Waals surface area contributed by atoms with Crippen molar-refractivity contribution in [1.82, 2.24) is 10.6 Å². The molecule has 1 aliphatic rings. The minimum absolute atomic E-state index is 0.0939. The van der Waals surface area contributed by atoms with Crippen LogP contribution < -0.4 is 10.6 Å². The molecule has 0 radical (unpaired) electrons. The highest BCUT2D eigenvalue weighted by molar-refractivity contribution is 5.75. The molecular formula is C13H26N2O2. The van der Waals surface area contributed by atoms with Gasteiger partial charge in [-0.2, -0.15) is 0 Å². The van der Waals surface area contributed by atoms with Crippen LogP contribution in [0.25, 0.3) is 0 Å². The SMILES string of the molecule is CCOC1CC(NCCC(=O)NC)C1(C)CC. The lowest BCUT2D eigenvalue weighted by atomic mass is 9.61. The highest BCUT2D eigenvalue weighted by atomic mass is 16.5. The van der Waals surface area contributed by atoms with Crippen LogP contribution in [0.3, 0.4) is 0 Å². The Morgan fingerprint density at radius 1 is 1.47 bits per heavy atom. The van der Waals surface area contributed by atoms with Crippen molar-refractivity contribution in [2.45, 2.75) is 52.2 Å². The Kier molecular flexibility index (Phi) is 5.40. The average Bonchev–Trinajstić information content (AvgIpc) is 2.35. The largest absolute Gasteiger partial charge is 0.378 e. The third kappa shape index (κ3) is 3.19. The van der Waals surface area contributed by atoms with Gasteiger partial charge in [0.05, 0.1) is 6.10 Å². The van der Waals surface area contributed by atoms with Crippen molar-refractivity contribution < 1.29 is 9.53 Å². The number of rotatable bonds is 7. The van der Waals surface area contributed by atoms with Crippen molar-refractivity contribution in [2.75, 3.05) is 20.2 Å². The van der Waals surface area contributed by atoms with Gasteiger partial charge in [-0.25, -0.2) is 0 Å². The topological polar surface area (TPSA) is 50.4 Å². The summed E-state index contributed by atoms with van der Waals surface area (Å²) in [6.07, 6.45) is 3.09. The highest BCUT2D eigenvalue weighted by Crippen LogP contribution is 2.45. The van der Waals surface area contributed by atoms with E-state index in [9.17, 15) is 4.79 Å². The van der Waals surface area contributed by atoms with Crippen LogP contribution >= 0.6 is 0 Å². The summed E-state index contributed by atoms with van der Waals surface area (Å²) in [5.41, 5.74) is 0.221. The van der Waals surface area contributed by atoms with Crippen LogP contribution in [0, 0.1) is 5.41 Å². The lowest BCUT2D eigenvalue weighted by molar-refractivity contribution is -0.127. The smallest absolute Gasteiger partial charge is 0.221 e. The molecule has 3 atom stereocenters. The van der Waals surface area contributed by atoms with Crippen molar-refractivity contribution in [2.24, 2.45) is 5.41 Å². The molecule has 17 heavy (non-hydrogen) atoms. The number of nitrogens with one attached hydrogen (secondary N) is 2. The molecule has 1 saturated carbocycles. The quantitative estimate of drug-likeness (QED) is 0.707. The summed E-state index contributed by atoms with van der Waals surface area (Å²) < 4.78 is 5.74.